The van der Waals surface area contributed by atoms with E-state index in [4.69, 9.17) is 18.9 Å². The summed E-state index contributed by atoms with van der Waals surface area (Å²) in [6.45, 7) is 13.7. The second kappa shape index (κ2) is 12.2. The lowest BCUT2D eigenvalue weighted by Crippen LogP contribution is -2.66. The van der Waals surface area contributed by atoms with E-state index < -0.39 is 84.2 Å². The first-order valence-electron chi connectivity index (χ1n) is 19.8. The molecule has 2 saturated heterocycles. The molecular formula is C40H60O13. The molecule has 7 N–H and O–H groups in total. The SMILES string of the molecule is CC1(C)[C@@H](O[C@@H]2O[C@H](C(=O)O)[C@@H](O)[C@H](O)[C@H]2O[C@@H]2OC[C@@H](O)[C@H](O)[C@H]2O)CC[C@]2(C)[C@H]3CC=C4[C@H]5C[C@]6(C)CC[C@]5(C(=O)O)[C@H]6C[C@@]4(C)[C@]3(C)CC[C@@H]12. The van der Waals surface area contributed by atoms with Crippen LogP contribution in [0.5, 0.6) is 0 Å². The third-order valence-corrected chi connectivity index (χ3v) is 17.5. The Labute approximate surface area is 311 Å². The van der Waals surface area contributed by atoms with E-state index in [9.17, 15) is 45.3 Å². The maximum Gasteiger partial charge on any atom is 0.335 e. The first kappa shape index (κ1) is 38.2. The summed E-state index contributed by atoms with van der Waals surface area (Å²) in [6.07, 6.45) is -4.69. The lowest BCUT2D eigenvalue weighted by atomic mass is 9.34. The Hall–Kier alpha value is -1.68. The van der Waals surface area contributed by atoms with Crippen LogP contribution < -0.4 is 0 Å². The fraction of sp³-hybridized carbons (Fsp3) is 0.900. The van der Waals surface area contributed by atoms with Crippen LogP contribution in [0.4, 0.5) is 0 Å². The summed E-state index contributed by atoms with van der Waals surface area (Å²) in [5, 5.41) is 73.3. The van der Waals surface area contributed by atoms with E-state index in [1.807, 2.05) is 0 Å². The molecular weight excluding hydrogens is 688 g/mol. The van der Waals surface area contributed by atoms with E-state index in [2.05, 4.69) is 47.6 Å². The third kappa shape index (κ3) is 4.93. The Morgan fingerprint density at radius 2 is 1.49 bits per heavy atom. The van der Waals surface area contributed by atoms with Crippen LogP contribution in [0.15, 0.2) is 11.6 Å². The minimum Gasteiger partial charge on any atom is -0.481 e. The van der Waals surface area contributed by atoms with Gasteiger partial charge in [-0.05, 0) is 109 Å². The molecule has 6 aliphatic carbocycles. The van der Waals surface area contributed by atoms with E-state index in [1.165, 1.54) is 5.57 Å². The minimum absolute atomic E-state index is 0.0256. The normalized spacial score (nSPS) is 56.8. The highest BCUT2D eigenvalue weighted by Gasteiger charge is 2.77. The zero-order valence-corrected chi connectivity index (χ0v) is 31.8. The standard InChI is InChI=1S/C40H60O13/c1-35(2)21-9-12-38(5)22(8-7-18-19-15-36(3)13-14-40(19,34(48)49)23(36)16-39(18,38)6)37(21,4)11-10-24(35)51-33-30(27(44)26(43)29(52-33)31(46)47)53-32-28(45)25(42)20(41)17-50-32/h7,19-30,32-33,41-45H,8-17H2,1-6H3,(H,46,47)(H,48,49)/t19-,20-,21+,22-,23+,24+,25+,26+,27+,28-,29+,30-,32+,33-,36+,37+,38-,39-,40-/m1/s1. The summed E-state index contributed by atoms with van der Waals surface area (Å²) >= 11 is 0. The lowest BCUT2D eigenvalue weighted by molar-refractivity contribution is -0.366. The first-order valence-corrected chi connectivity index (χ1v) is 19.8. The van der Waals surface area contributed by atoms with Gasteiger partial charge >= 0.3 is 11.9 Å². The van der Waals surface area contributed by atoms with Crippen molar-refractivity contribution in [1.82, 2.24) is 0 Å². The van der Waals surface area contributed by atoms with Gasteiger partial charge in [0.25, 0.3) is 0 Å². The smallest absolute Gasteiger partial charge is 0.335 e. The van der Waals surface area contributed by atoms with E-state index >= 15 is 0 Å². The molecule has 298 valence electrons. The van der Waals surface area contributed by atoms with Crippen molar-refractivity contribution in [1.29, 1.82) is 0 Å². The number of fused-ring (bicyclic) bond motifs is 6. The van der Waals surface area contributed by atoms with E-state index in [1.54, 1.807) is 0 Å². The number of carbonyl (C=O) groups is 2. The Morgan fingerprint density at radius 1 is 0.774 bits per heavy atom. The molecule has 0 aromatic heterocycles. The van der Waals surface area contributed by atoms with Gasteiger partial charge in [-0.25, -0.2) is 4.79 Å². The molecule has 7 fully saturated rings. The zero-order chi connectivity index (χ0) is 38.4. The molecule has 2 aliphatic heterocycles. The van der Waals surface area contributed by atoms with E-state index in [-0.39, 0.29) is 46.0 Å². The molecule has 0 aromatic rings. The summed E-state index contributed by atoms with van der Waals surface area (Å²) in [5.41, 5.74) is 0.169. The zero-order valence-electron chi connectivity index (χ0n) is 31.8. The van der Waals surface area contributed by atoms with Gasteiger partial charge in [0.05, 0.1) is 18.1 Å². The molecule has 2 heterocycles. The number of aliphatic carboxylic acids is 2. The molecule has 8 aliphatic rings. The van der Waals surface area contributed by atoms with Crippen molar-refractivity contribution >= 4 is 11.9 Å². The molecule has 53 heavy (non-hydrogen) atoms. The predicted molar refractivity (Wildman–Crippen MR) is 186 cm³/mol. The van der Waals surface area contributed by atoms with Crippen molar-refractivity contribution < 1.29 is 64.3 Å². The Bertz CT molecular complexity index is 1550. The summed E-state index contributed by atoms with van der Waals surface area (Å²) in [5.74, 6) is -1.27. The van der Waals surface area contributed by atoms with Crippen molar-refractivity contribution in [2.75, 3.05) is 6.61 Å². The van der Waals surface area contributed by atoms with Crippen LogP contribution in [-0.2, 0) is 28.5 Å². The van der Waals surface area contributed by atoms with Gasteiger partial charge in [0.2, 0.25) is 0 Å². The molecule has 4 bridgehead atoms. The summed E-state index contributed by atoms with van der Waals surface area (Å²) < 4.78 is 23.8. The van der Waals surface area contributed by atoms with Gasteiger partial charge in [-0.3, -0.25) is 4.79 Å². The molecule has 8 rings (SSSR count). The molecule has 13 heteroatoms. The average Bonchev–Trinajstić information content (AvgIpc) is 3.46. The van der Waals surface area contributed by atoms with Crippen LogP contribution in [-0.4, -0.2) is 116 Å². The van der Waals surface area contributed by atoms with Crippen molar-refractivity contribution in [3.63, 3.8) is 0 Å². The van der Waals surface area contributed by atoms with E-state index in [0.717, 1.165) is 51.4 Å². The van der Waals surface area contributed by atoms with Crippen molar-refractivity contribution in [3.05, 3.63) is 11.6 Å². The van der Waals surface area contributed by atoms with Crippen molar-refractivity contribution in [2.24, 2.45) is 56.2 Å². The van der Waals surface area contributed by atoms with Gasteiger partial charge in [0.15, 0.2) is 18.7 Å². The third-order valence-electron chi connectivity index (χ3n) is 17.5. The quantitative estimate of drug-likeness (QED) is 0.154. The highest BCUT2D eigenvalue weighted by atomic mass is 16.8. The number of rotatable bonds is 6. The first-order chi connectivity index (χ1) is 24.7. The van der Waals surface area contributed by atoms with Gasteiger partial charge in [0.1, 0.15) is 36.6 Å². The molecule has 19 atom stereocenters. The molecule has 0 radical (unpaired) electrons. The minimum atomic E-state index is -1.88. The monoisotopic (exact) mass is 748 g/mol. The Morgan fingerprint density at radius 3 is 2.17 bits per heavy atom. The second-order valence-corrected chi connectivity index (χ2v) is 19.9. The predicted octanol–water partition coefficient (Wildman–Crippen LogP) is 2.83. The summed E-state index contributed by atoms with van der Waals surface area (Å²) in [7, 11) is 0. The van der Waals surface area contributed by atoms with Gasteiger partial charge in [-0.2, -0.15) is 0 Å². The van der Waals surface area contributed by atoms with Gasteiger partial charge in [0, 0.05) is 0 Å². The topological polar surface area (TPSA) is 213 Å². The Balaban J connectivity index is 1.06. The van der Waals surface area contributed by atoms with Crippen molar-refractivity contribution in [2.45, 2.75) is 161 Å². The number of carboxylic acids is 2. The number of carboxylic acid groups (broad SMARTS) is 2. The maximum absolute atomic E-state index is 13.1. The number of ether oxygens (including phenoxy) is 4. The van der Waals surface area contributed by atoms with Crippen LogP contribution in [0, 0.1) is 56.2 Å². The van der Waals surface area contributed by atoms with Crippen LogP contribution in [0.2, 0.25) is 0 Å². The number of allylic oxidation sites excluding steroid dienone is 2. The molecule has 0 unspecified atom stereocenters. The second-order valence-electron chi connectivity index (χ2n) is 19.9. The summed E-state index contributed by atoms with van der Waals surface area (Å²) in [6, 6.07) is 0. The van der Waals surface area contributed by atoms with Crippen LogP contribution in [0.1, 0.15) is 99.3 Å². The fourth-order valence-corrected chi connectivity index (χ4v) is 14.6. The number of hydrogen-bond acceptors (Lipinski definition) is 11. The highest BCUT2D eigenvalue weighted by Crippen LogP contribution is 2.82. The molecule has 0 spiro atoms. The van der Waals surface area contributed by atoms with Crippen LogP contribution >= 0.6 is 0 Å². The van der Waals surface area contributed by atoms with Crippen LogP contribution in [0.25, 0.3) is 0 Å². The average molecular weight is 749 g/mol. The van der Waals surface area contributed by atoms with Crippen molar-refractivity contribution in [3.8, 4) is 0 Å². The van der Waals surface area contributed by atoms with Gasteiger partial charge in [-0.15, -0.1) is 0 Å². The fourth-order valence-electron chi connectivity index (χ4n) is 14.6. The molecule has 5 saturated carbocycles. The molecule has 0 aromatic carbocycles. The largest absolute Gasteiger partial charge is 0.481 e. The van der Waals surface area contributed by atoms with E-state index in [0.29, 0.717) is 12.3 Å². The van der Waals surface area contributed by atoms with Gasteiger partial charge < -0.3 is 54.7 Å². The number of hydrogen-bond donors (Lipinski definition) is 7. The number of aliphatic hydroxyl groups excluding tert-OH is 5. The summed E-state index contributed by atoms with van der Waals surface area (Å²) in [4.78, 5) is 25.2. The molecule has 0 amide bonds. The van der Waals surface area contributed by atoms with Gasteiger partial charge in [-0.1, -0.05) is 53.2 Å². The maximum atomic E-state index is 13.1. The molecule has 13 nitrogen and oxygen atoms in total. The van der Waals surface area contributed by atoms with Crippen LogP contribution in [0.3, 0.4) is 0 Å². The Kier molecular flexibility index (Phi) is 8.77. The highest BCUT2D eigenvalue weighted by molar-refractivity contribution is 5.79. The number of aliphatic hydroxyl groups is 5. The lowest BCUT2D eigenvalue weighted by Gasteiger charge is -2.70.